The molecule has 0 aliphatic carbocycles. The van der Waals surface area contributed by atoms with Crippen LogP contribution in [0.3, 0.4) is 0 Å². The smallest absolute Gasteiger partial charge is 0.212 e. The first kappa shape index (κ1) is 16.4. The van der Waals surface area contributed by atoms with Crippen LogP contribution in [-0.4, -0.2) is 36.4 Å². The summed E-state index contributed by atoms with van der Waals surface area (Å²) in [5.74, 6) is 11.8. The molecule has 0 aromatic heterocycles. The summed E-state index contributed by atoms with van der Waals surface area (Å²) in [4.78, 5) is 0. The molecule has 3 heteroatoms. The maximum Gasteiger partial charge on any atom is 0.212 e. The van der Waals surface area contributed by atoms with Crippen LogP contribution in [0.25, 0.3) is 16.8 Å². The standard InChI is InChI=1S/C25H28O3/c1-23(2,26)15-13-19-11-7-9-18-10-8-12-20(22(18)19)17-21(25(5,6)28)14-16-24(3,4)27/h7-12,17,26-28H,1-6H3/b21-17-/i17D,26D,27D,28D. The van der Waals surface area contributed by atoms with Crippen LogP contribution in [0.2, 0.25) is 0 Å². The van der Waals surface area contributed by atoms with Gasteiger partial charge in [-0.1, -0.05) is 54.0 Å². The van der Waals surface area contributed by atoms with Gasteiger partial charge in [-0.2, -0.15) is 0 Å². The highest BCUT2D eigenvalue weighted by Crippen LogP contribution is 2.27. The molecule has 146 valence electrons. The predicted octanol–water partition coefficient (Wildman–Crippen LogP) is 3.89. The van der Waals surface area contributed by atoms with Gasteiger partial charge in [-0.05, 0) is 64.6 Å². The lowest BCUT2D eigenvalue weighted by Crippen LogP contribution is -2.22. The second-order valence-corrected chi connectivity index (χ2v) is 8.24. The zero-order valence-corrected chi connectivity index (χ0v) is 17.2. The Labute approximate surface area is 173 Å². The van der Waals surface area contributed by atoms with Crippen molar-refractivity contribution in [3.63, 3.8) is 0 Å². The van der Waals surface area contributed by atoms with Crippen LogP contribution in [0.4, 0.5) is 0 Å². The molecule has 2 aromatic rings. The van der Waals surface area contributed by atoms with E-state index in [0.717, 1.165) is 10.8 Å². The fraction of sp³-hybridized carbons (Fsp3) is 0.360. The average Bonchev–Trinajstić information content (AvgIpc) is 2.77. The van der Waals surface area contributed by atoms with Gasteiger partial charge in [0.25, 0.3) is 0 Å². The van der Waals surface area contributed by atoms with Crippen LogP contribution in [0.1, 0.15) is 54.0 Å². The Morgan fingerprint density at radius 2 is 1.57 bits per heavy atom. The minimum atomic E-state index is -1.17. The van der Waals surface area contributed by atoms with E-state index < -0.39 is 16.8 Å². The molecule has 0 atom stereocenters. The van der Waals surface area contributed by atoms with Crippen LogP contribution in [-0.2, 0) is 0 Å². The van der Waals surface area contributed by atoms with Crippen LogP contribution in [0, 0.1) is 23.7 Å². The summed E-state index contributed by atoms with van der Waals surface area (Å²) in [5.41, 5.74) is -1.64. The van der Waals surface area contributed by atoms with Crippen LogP contribution < -0.4 is 0 Å². The molecule has 3 nitrogen and oxygen atoms in total. The molecular weight excluding hydrogens is 348 g/mol. The Morgan fingerprint density at radius 1 is 0.929 bits per heavy atom. The molecule has 0 spiro atoms. The molecule has 0 aliphatic rings. The van der Waals surface area contributed by atoms with Crippen molar-refractivity contribution in [3.05, 3.63) is 53.1 Å². The van der Waals surface area contributed by atoms with E-state index in [1.165, 1.54) is 0 Å². The molecule has 0 radical (unpaired) electrons. The summed E-state index contributed by atoms with van der Waals surface area (Å²) in [5, 5.41) is 15.9. The van der Waals surface area contributed by atoms with Gasteiger partial charge in [-0.25, -0.2) is 0 Å². The molecule has 0 bridgehead atoms. The molecule has 0 fully saturated rings. The molecule has 28 heavy (non-hydrogen) atoms. The van der Waals surface area contributed by atoms with Crippen LogP contribution in [0.15, 0.2) is 42.0 Å². The molecule has 3 N–H and O–H groups in total. The largest absolute Gasteiger partial charge is 0.385 e. The van der Waals surface area contributed by atoms with Crippen molar-refractivity contribution in [2.24, 2.45) is 0 Å². The Balaban J connectivity index is 2.87. The zero-order valence-electron chi connectivity index (χ0n) is 21.2. The number of benzene rings is 2. The van der Waals surface area contributed by atoms with Crippen molar-refractivity contribution in [2.75, 3.05) is 0 Å². The highest BCUT2D eigenvalue weighted by atomic mass is 16.3. The first-order valence-electron chi connectivity index (χ1n) is 10.8. The SMILES string of the molecule is [2H]OC(C)(C)C#C/C(=C(\[2H])c1cccc2cccc(C#CC(C)(C)O[2H])c12)C(C)(C)O[2H]. The summed E-state index contributed by atoms with van der Waals surface area (Å²) in [6, 6.07) is 11.3. The fourth-order valence-corrected chi connectivity index (χ4v) is 2.45. The highest BCUT2D eigenvalue weighted by molar-refractivity contribution is 5.96. The summed E-state index contributed by atoms with van der Waals surface area (Å²) in [6.07, 6.45) is 0. The topological polar surface area (TPSA) is 60.7 Å². The Kier molecular flexibility index (Phi) is 4.58. The molecule has 0 saturated heterocycles. The normalized spacial score (nSPS) is 15.1. The summed E-state index contributed by atoms with van der Waals surface area (Å²) in [6.45, 7) is 10.0. The van der Waals surface area contributed by atoms with Gasteiger partial charge in [0.05, 0.1) is 6.97 Å². The molecule has 0 aliphatic heterocycles. The molecule has 0 saturated carbocycles. The molecular formula is C25H28O3. The van der Waals surface area contributed by atoms with Crippen molar-refractivity contribution >= 4 is 16.8 Å². The lowest BCUT2D eigenvalue weighted by molar-refractivity contribution is 0.125. The van der Waals surface area contributed by atoms with Crippen molar-refractivity contribution < 1.29 is 16.7 Å². The van der Waals surface area contributed by atoms with E-state index in [2.05, 4.69) is 33.9 Å². The monoisotopic (exact) mass is 380 g/mol. The van der Waals surface area contributed by atoms with Crippen LogP contribution >= 0.6 is 0 Å². The summed E-state index contributed by atoms with van der Waals surface area (Å²) >= 11 is 0. The first-order valence-corrected chi connectivity index (χ1v) is 9.10. The van der Waals surface area contributed by atoms with Gasteiger partial charge in [0, 0.05) is 16.5 Å². The minimum absolute atomic E-state index is 0.0892. The third kappa shape index (κ3) is 6.25. The second-order valence-electron chi connectivity index (χ2n) is 8.24. The van der Waals surface area contributed by atoms with E-state index in [-0.39, 0.29) is 11.6 Å². The molecule has 0 amide bonds. The predicted molar refractivity (Wildman–Crippen MR) is 115 cm³/mol. The third-order valence-corrected chi connectivity index (χ3v) is 3.75. The Bertz CT molecular complexity index is 1140. The van der Waals surface area contributed by atoms with Crippen LogP contribution in [0.5, 0.6) is 0 Å². The van der Waals surface area contributed by atoms with Gasteiger partial charge in [-0.3, -0.25) is 0 Å². The van der Waals surface area contributed by atoms with E-state index in [4.69, 9.17) is 10.8 Å². The van der Waals surface area contributed by atoms with E-state index in [1.54, 1.807) is 47.6 Å². The lowest BCUT2D eigenvalue weighted by Gasteiger charge is -2.18. The minimum Gasteiger partial charge on any atom is -0.385 e. The van der Waals surface area contributed by atoms with Crippen molar-refractivity contribution in [1.82, 2.24) is 0 Å². The van der Waals surface area contributed by atoms with E-state index in [9.17, 15) is 0 Å². The molecule has 2 aromatic carbocycles. The van der Waals surface area contributed by atoms with E-state index in [1.807, 2.05) is 30.3 Å². The van der Waals surface area contributed by atoms with Gasteiger partial charge in [0.1, 0.15) is 11.2 Å². The number of fused-ring (bicyclic) bond motifs is 1. The number of aliphatic hydroxyl groups is 3. The van der Waals surface area contributed by atoms with E-state index >= 15 is 0 Å². The van der Waals surface area contributed by atoms with Gasteiger partial charge in [0.15, 0.2) is 0 Å². The van der Waals surface area contributed by atoms with Crippen molar-refractivity contribution in [1.29, 1.82) is 4.29 Å². The van der Waals surface area contributed by atoms with Crippen molar-refractivity contribution in [3.8, 4) is 23.7 Å². The van der Waals surface area contributed by atoms with Gasteiger partial charge in [0.2, 0.25) is 4.29 Å². The van der Waals surface area contributed by atoms with Gasteiger partial charge >= 0.3 is 0 Å². The maximum absolute atomic E-state index is 8.99. The third-order valence-electron chi connectivity index (χ3n) is 3.75. The summed E-state index contributed by atoms with van der Waals surface area (Å²) in [7, 11) is 0. The summed E-state index contributed by atoms with van der Waals surface area (Å²) < 4.78 is 30.9. The fourth-order valence-electron chi connectivity index (χ4n) is 2.45. The average molecular weight is 381 g/mol. The van der Waals surface area contributed by atoms with Gasteiger partial charge in [-0.15, -0.1) is 0 Å². The quantitative estimate of drug-likeness (QED) is 0.690. The molecule has 0 heterocycles. The molecule has 0 unspecified atom stereocenters. The van der Waals surface area contributed by atoms with Crippen molar-refractivity contribution in [2.45, 2.75) is 58.3 Å². The highest BCUT2D eigenvalue weighted by Gasteiger charge is 2.19. The second kappa shape index (κ2) is 7.82. The van der Waals surface area contributed by atoms with Gasteiger partial charge < -0.3 is 15.3 Å². The zero-order chi connectivity index (χ0) is 24.2. The maximum atomic E-state index is 8.99. The Morgan fingerprint density at radius 3 is 2.21 bits per heavy atom. The number of hydrogen-bond donors (Lipinski definition) is 3. The van der Waals surface area contributed by atoms with E-state index in [0.29, 0.717) is 11.1 Å². The lowest BCUT2D eigenvalue weighted by atomic mass is 9.92. The number of hydrogen-bond acceptors (Lipinski definition) is 3. The molecule has 2 rings (SSSR count). The Hall–Kier alpha value is -2.56. The first-order chi connectivity index (χ1) is 14.9. The number of rotatable bonds is 5.